The van der Waals surface area contributed by atoms with Gasteiger partial charge >= 0.3 is 0 Å². The van der Waals surface area contributed by atoms with Crippen molar-refractivity contribution in [2.24, 2.45) is 17.8 Å². The van der Waals surface area contributed by atoms with Crippen molar-refractivity contribution >= 4 is 0 Å². The van der Waals surface area contributed by atoms with Crippen LogP contribution >= 0.6 is 0 Å². The maximum atomic E-state index is 6.13. The Morgan fingerprint density at radius 1 is 0.704 bits per heavy atom. The van der Waals surface area contributed by atoms with E-state index in [1.807, 2.05) is 0 Å². The molecule has 0 amide bonds. The molecule has 0 aliphatic heterocycles. The van der Waals surface area contributed by atoms with E-state index in [1.54, 1.807) is 0 Å². The molecule has 0 spiro atoms. The lowest BCUT2D eigenvalue weighted by Crippen LogP contribution is -2.23. The van der Waals surface area contributed by atoms with E-state index in [4.69, 9.17) is 4.74 Å². The fourth-order valence-corrected chi connectivity index (χ4v) is 5.12. The Bertz CT molecular complexity index is 358. The van der Waals surface area contributed by atoms with Gasteiger partial charge in [0.2, 0.25) is 0 Å². The normalized spacial score (nSPS) is 29.4. The summed E-state index contributed by atoms with van der Waals surface area (Å²) in [5.74, 6) is 2.91. The monoisotopic (exact) mass is 376 g/mol. The van der Waals surface area contributed by atoms with E-state index in [-0.39, 0.29) is 0 Å². The Balaban J connectivity index is 1.48. The second-order valence-corrected chi connectivity index (χ2v) is 9.50. The van der Waals surface area contributed by atoms with E-state index in [0.717, 1.165) is 24.4 Å². The number of rotatable bonds is 13. The summed E-state index contributed by atoms with van der Waals surface area (Å²) in [5.41, 5.74) is 0. The summed E-state index contributed by atoms with van der Waals surface area (Å²) in [6.07, 6.45) is 29.2. The first kappa shape index (κ1) is 23.0. The summed E-state index contributed by atoms with van der Waals surface area (Å²) in [4.78, 5) is 0. The van der Waals surface area contributed by atoms with Crippen molar-refractivity contribution < 1.29 is 4.74 Å². The highest BCUT2D eigenvalue weighted by atomic mass is 16.5. The zero-order valence-corrected chi connectivity index (χ0v) is 18.6. The molecule has 0 radical (unpaired) electrons. The Labute approximate surface area is 170 Å². The highest BCUT2D eigenvalue weighted by molar-refractivity contribution is 4.91. The van der Waals surface area contributed by atoms with Crippen LogP contribution in [-0.4, -0.2) is 12.7 Å². The van der Waals surface area contributed by atoms with Gasteiger partial charge in [-0.15, -0.1) is 0 Å². The molecule has 0 bridgehead atoms. The second-order valence-electron chi connectivity index (χ2n) is 9.50. The summed E-state index contributed by atoms with van der Waals surface area (Å²) in [5, 5.41) is 0. The molecule has 0 aromatic heterocycles. The van der Waals surface area contributed by atoms with E-state index in [9.17, 15) is 0 Å². The summed E-state index contributed by atoms with van der Waals surface area (Å²) >= 11 is 0. The molecule has 2 aliphatic rings. The quantitative estimate of drug-likeness (QED) is 0.231. The number of unbranched alkanes of at least 4 members (excludes halogenated alkanes) is 5. The van der Waals surface area contributed by atoms with Crippen LogP contribution in [0.4, 0.5) is 0 Å². The Morgan fingerprint density at radius 2 is 1.33 bits per heavy atom. The van der Waals surface area contributed by atoms with E-state index in [0.29, 0.717) is 6.10 Å². The number of hydrogen-bond donors (Lipinski definition) is 0. The number of ether oxygens (including phenoxy) is 1. The van der Waals surface area contributed by atoms with Crippen molar-refractivity contribution in [1.29, 1.82) is 0 Å². The zero-order valence-electron chi connectivity index (χ0n) is 18.6. The SMILES string of the molecule is CCCC/C=C/C1CCC(CCC2CCC(OCCCCCC)CC2)CC1. The van der Waals surface area contributed by atoms with Crippen LogP contribution in [0.1, 0.15) is 123 Å². The van der Waals surface area contributed by atoms with Crippen LogP contribution in [0.25, 0.3) is 0 Å². The smallest absolute Gasteiger partial charge is 0.0575 e. The van der Waals surface area contributed by atoms with Crippen LogP contribution in [0.2, 0.25) is 0 Å². The van der Waals surface area contributed by atoms with Gasteiger partial charge in [0, 0.05) is 6.61 Å². The third-order valence-electron chi connectivity index (χ3n) is 7.15. The van der Waals surface area contributed by atoms with Gasteiger partial charge in [0.15, 0.2) is 0 Å². The summed E-state index contributed by atoms with van der Waals surface area (Å²) in [7, 11) is 0. The van der Waals surface area contributed by atoms with Crippen LogP contribution in [0, 0.1) is 17.8 Å². The van der Waals surface area contributed by atoms with Gasteiger partial charge in [-0.3, -0.25) is 0 Å². The molecule has 0 unspecified atom stereocenters. The standard InChI is InChI=1S/C26H48O/c1-3-5-7-9-11-23-12-14-24(15-13-23)16-17-25-18-20-26(21-19-25)27-22-10-8-6-4-2/h9,11,23-26H,3-8,10,12-22H2,1-2H3/b11-9+. The van der Waals surface area contributed by atoms with Gasteiger partial charge in [0.05, 0.1) is 6.10 Å². The maximum Gasteiger partial charge on any atom is 0.0575 e. The minimum Gasteiger partial charge on any atom is -0.378 e. The average molecular weight is 377 g/mol. The molecule has 2 fully saturated rings. The molecule has 0 heterocycles. The molecule has 1 nitrogen and oxygen atoms in total. The summed E-state index contributed by atoms with van der Waals surface area (Å²) in [6, 6.07) is 0. The Kier molecular flexibility index (Phi) is 12.5. The van der Waals surface area contributed by atoms with Crippen LogP contribution in [0.15, 0.2) is 12.2 Å². The molecule has 2 aliphatic carbocycles. The van der Waals surface area contributed by atoms with Gasteiger partial charge in [-0.25, -0.2) is 0 Å². The first-order valence-corrected chi connectivity index (χ1v) is 12.6. The molecule has 1 heteroatoms. The van der Waals surface area contributed by atoms with Crippen LogP contribution in [0.5, 0.6) is 0 Å². The minimum atomic E-state index is 0.581. The lowest BCUT2D eigenvalue weighted by molar-refractivity contribution is 0.0145. The van der Waals surface area contributed by atoms with E-state index >= 15 is 0 Å². The van der Waals surface area contributed by atoms with Gasteiger partial charge in [0.25, 0.3) is 0 Å². The number of hydrogen-bond acceptors (Lipinski definition) is 1. The summed E-state index contributed by atoms with van der Waals surface area (Å²) in [6.45, 7) is 5.57. The Morgan fingerprint density at radius 3 is 1.96 bits per heavy atom. The largest absolute Gasteiger partial charge is 0.378 e. The van der Waals surface area contributed by atoms with E-state index in [2.05, 4.69) is 26.0 Å². The maximum absolute atomic E-state index is 6.13. The fourth-order valence-electron chi connectivity index (χ4n) is 5.12. The number of allylic oxidation sites excluding steroid dienone is 2. The van der Waals surface area contributed by atoms with Crippen molar-refractivity contribution in [2.75, 3.05) is 6.61 Å². The summed E-state index contributed by atoms with van der Waals surface area (Å²) < 4.78 is 6.13. The van der Waals surface area contributed by atoms with Crippen molar-refractivity contribution in [3.63, 3.8) is 0 Å². The van der Waals surface area contributed by atoms with Crippen LogP contribution < -0.4 is 0 Å². The predicted molar refractivity (Wildman–Crippen MR) is 119 cm³/mol. The molecule has 27 heavy (non-hydrogen) atoms. The van der Waals surface area contributed by atoms with Gasteiger partial charge in [-0.05, 0) is 82.0 Å². The zero-order chi connectivity index (χ0) is 19.2. The molecular formula is C26H48O. The van der Waals surface area contributed by atoms with E-state index in [1.165, 1.54) is 109 Å². The van der Waals surface area contributed by atoms with Crippen molar-refractivity contribution in [1.82, 2.24) is 0 Å². The van der Waals surface area contributed by atoms with Gasteiger partial charge < -0.3 is 4.74 Å². The van der Waals surface area contributed by atoms with Crippen molar-refractivity contribution in [2.45, 2.75) is 129 Å². The molecule has 0 aromatic carbocycles. The van der Waals surface area contributed by atoms with Gasteiger partial charge in [-0.2, -0.15) is 0 Å². The average Bonchev–Trinajstić information content (AvgIpc) is 2.71. The highest BCUT2D eigenvalue weighted by Gasteiger charge is 2.24. The Hall–Kier alpha value is -0.300. The molecule has 0 saturated heterocycles. The van der Waals surface area contributed by atoms with Gasteiger partial charge in [-0.1, -0.05) is 70.9 Å². The first-order chi connectivity index (χ1) is 13.3. The molecular weight excluding hydrogens is 328 g/mol. The van der Waals surface area contributed by atoms with Crippen molar-refractivity contribution in [3.05, 3.63) is 12.2 Å². The molecule has 2 saturated carbocycles. The van der Waals surface area contributed by atoms with E-state index < -0.39 is 0 Å². The molecule has 0 aromatic rings. The first-order valence-electron chi connectivity index (χ1n) is 12.6. The lowest BCUT2D eigenvalue weighted by atomic mass is 9.77. The molecule has 2 rings (SSSR count). The lowest BCUT2D eigenvalue weighted by Gasteiger charge is -2.31. The van der Waals surface area contributed by atoms with Gasteiger partial charge in [0.1, 0.15) is 0 Å². The third-order valence-corrected chi connectivity index (χ3v) is 7.15. The topological polar surface area (TPSA) is 9.23 Å². The van der Waals surface area contributed by atoms with Crippen LogP contribution in [-0.2, 0) is 4.74 Å². The second kappa shape index (κ2) is 14.7. The van der Waals surface area contributed by atoms with Crippen LogP contribution in [0.3, 0.4) is 0 Å². The van der Waals surface area contributed by atoms with Crippen molar-refractivity contribution in [3.8, 4) is 0 Å². The third kappa shape index (κ3) is 10.2. The highest BCUT2D eigenvalue weighted by Crippen LogP contribution is 2.36. The molecule has 0 atom stereocenters. The fraction of sp³-hybridized carbons (Fsp3) is 0.923. The minimum absolute atomic E-state index is 0.581. The molecule has 158 valence electrons. The molecule has 0 N–H and O–H groups in total. The predicted octanol–water partition coefficient (Wildman–Crippen LogP) is 8.48.